The molecule has 3 heteroatoms. The lowest BCUT2D eigenvalue weighted by Gasteiger charge is -2.28. The number of benzene rings is 1. The van der Waals surface area contributed by atoms with Crippen molar-refractivity contribution in [2.45, 2.75) is 45.3 Å². The molecule has 0 saturated carbocycles. The van der Waals surface area contributed by atoms with E-state index in [1.807, 2.05) is 37.3 Å². The van der Waals surface area contributed by atoms with Crippen LogP contribution in [0.4, 0.5) is 0 Å². The van der Waals surface area contributed by atoms with Crippen LogP contribution in [0.2, 0.25) is 0 Å². The molecule has 2 atom stereocenters. The van der Waals surface area contributed by atoms with Crippen LogP contribution in [0.15, 0.2) is 43.0 Å². The molecule has 0 aromatic heterocycles. The van der Waals surface area contributed by atoms with Crippen molar-refractivity contribution in [2.75, 3.05) is 0 Å². The number of aromatic hydroxyl groups is 1. The van der Waals surface area contributed by atoms with Gasteiger partial charge in [0.2, 0.25) is 0 Å². The molecule has 0 bridgehead atoms. The van der Waals surface area contributed by atoms with Gasteiger partial charge >= 0.3 is 0 Å². The lowest BCUT2D eigenvalue weighted by molar-refractivity contribution is -0.0539. The Bertz CT molecular complexity index is 482. The van der Waals surface area contributed by atoms with Crippen molar-refractivity contribution in [1.29, 1.82) is 0 Å². The van der Waals surface area contributed by atoms with Gasteiger partial charge in [-0.25, -0.2) is 0 Å². The fourth-order valence-electron chi connectivity index (χ4n) is 1.93. The Labute approximate surface area is 127 Å². The molecule has 116 valence electrons. The maximum absolute atomic E-state index is 9.92. The van der Waals surface area contributed by atoms with Crippen LogP contribution in [-0.4, -0.2) is 27.0 Å². The van der Waals surface area contributed by atoms with E-state index in [0.29, 0.717) is 12.8 Å². The second kappa shape index (κ2) is 6.92. The molecule has 0 radical (unpaired) electrons. The second-order valence-electron chi connectivity index (χ2n) is 6.34. The van der Waals surface area contributed by atoms with Crippen molar-refractivity contribution >= 4 is 6.08 Å². The van der Waals surface area contributed by atoms with Gasteiger partial charge < -0.3 is 15.3 Å². The summed E-state index contributed by atoms with van der Waals surface area (Å²) in [6, 6.07) is 6.95. The van der Waals surface area contributed by atoms with Crippen LogP contribution in [0, 0.1) is 5.41 Å². The van der Waals surface area contributed by atoms with Gasteiger partial charge in [0.15, 0.2) is 0 Å². The molecule has 1 aromatic carbocycles. The Morgan fingerprint density at radius 2 is 1.76 bits per heavy atom. The van der Waals surface area contributed by atoms with Crippen molar-refractivity contribution in [3.05, 3.63) is 48.6 Å². The third kappa shape index (κ3) is 5.74. The maximum atomic E-state index is 9.92. The minimum atomic E-state index is -1.09. The van der Waals surface area contributed by atoms with Gasteiger partial charge in [0.25, 0.3) is 0 Å². The molecule has 0 aliphatic carbocycles. The average molecular weight is 290 g/mol. The van der Waals surface area contributed by atoms with E-state index in [2.05, 4.69) is 6.58 Å². The highest BCUT2D eigenvalue weighted by molar-refractivity contribution is 5.51. The topological polar surface area (TPSA) is 60.7 Å². The fourth-order valence-corrected chi connectivity index (χ4v) is 1.93. The molecule has 0 aliphatic heterocycles. The molecular formula is C18H26O3. The minimum Gasteiger partial charge on any atom is -0.508 e. The van der Waals surface area contributed by atoms with E-state index in [-0.39, 0.29) is 11.2 Å². The summed E-state index contributed by atoms with van der Waals surface area (Å²) in [4.78, 5) is 0. The summed E-state index contributed by atoms with van der Waals surface area (Å²) in [5, 5.41) is 29.0. The van der Waals surface area contributed by atoms with Gasteiger partial charge in [0, 0.05) is 5.41 Å². The average Bonchev–Trinajstić information content (AvgIpc) is 2.43. The molecule has 0 saturated heterocycles. The highest BCUT2D eigenvalue weighted by Crippen LogP contribution is 2.30. The smallest absolute Gasteiger partial charge is 0.115 e. The zero-order valence-electron chi connectivity index (χ0n) is 13.1. The summed E-state index contributed by atoms with van der Waals surface area (Å²) >= 11 is 0. The van der Waals surface area contributed by atoms with Crippen LogP contribution in [0.3, 0.4) is 0 Å². The van der Waals surface area contributed by atoms with E-state index < -0.39 is 11.7 Å². The second-order valence-corrected chi connectivity index (χ2v) is 6.34. The Morgan fingerprint density at radius 3 is 2.24 bits per heavy atom. The Kier molecular flexibility index (Phi) is 5.76. The van der Waals surface area contributed by atoms with E-state index >= 15 is 0 Å². The van der Waals surface area contributed by atoms with Crippen LogP contribution in [-0.2, 0) is 0 Å². The SMILES string of the molecule is C=C[C@@](C)(/C=C/c1ccc(O)cc1)CC[C@@H](O)C(C)(C)O. The quantitative estimate of drug-likeness (QED) is 0.673. The first kappa shape index (κ1) is 17.5. The van der Waals surface area contributed by atoms with Gasteiger partial charge in [-0.05, 0) is 44.4 Å². The van der Waals surface area contributed by atoms with Crippen LogP contribution >= 0.6 is 0 Å². The van der Waals surface area contributed by atoms with E-state index in [4.69, 9.17) is 0 Å². The van der Waals surface area contributed by atoms with Gasteiger partial charge in [0.05, 0.1) is 11.7 Å². The Balaban J connectivity index is 2.71. The molecule has 0 aliphatic rings. The number of phenolic OH excluding ortho intramolecular Hbond substituents is 1. The summed E-state index contributed by atoms with van der Waals surface area (Å²) in [5.74, 6) is 0.243. The summed E-state index contributed by atoms with van der Waals surface area (Å²) in [7, 11) is 0. The standard InChI is InChI=1S/C18H26O3/c1-5-18(4,13-11-16(20)17(2,3)21)12-10-14-6-8-15(19)9-7-14/h5-10,12,16,19-21H,1,11,13H2,2-4H3/b12-10+/t16-,18+/m1/s1. The number of hydrogen-bond donors (Lipinski definition) is 3. The van der Waals surface area contributed by atoms with Crippen LogP contribution in [0.25, 0.3) is 6.08 Å². The maximum Gasteiger partial charge on any atom is 0.115 e. The summed E-state index contributed by atoms with van der Waals surface area (Å²) in [6.07, 6.45) is 6.27. The van der Waals surface area contributed by atoms with Gasteiger partial charge in [-0.1, -0.05) is 37.3 Å². The first-order valence-corrected chi connectivity index (χ1v) is 7.18. The summed E-state index contributed by atoms with van der Waals surface area (Å²) in [6.45, 7) is 9.11. The fraction of sp³-hybridized carbons (Fsp3) is 0.444. The van der Waals surface area contributed by atoms with Crippen molar-refractivity contribution in [2.24, 2.45) is 5.41 Å². The predicted molar refractivity (Wildman–Crippen MR) is 87.0 cm³/mol. The van der Waals surface area contributed by atoms with Gasteiger partial charge in [0.1, 0.15) is 5.75 Å². The first-order chi connectivity index (χ1) is 9.66. The van der Waals surface area contributed by atoms with Crippen LogP contribution in [0.1, 0.15) is 39.2 Å². The number of aliphatic hydroxyl groups is 2. The number of phenols is 1. The van der Waals surface area contributed by atoms with Crippen LogP contribution in [0.5, 0.6) is 5.75 Å². The number of rotatable bonds is 7. The molecule has 0 spiro atoms. The Morgan fingerprint density at radius 1 is 1.19 bits per heavy atom. The molecule has 0 unspecified atom stereocenters. The number of aliphatic hydroxyl groups excluding tert-OH is 1. The molecule has 0 amide bonds. The molecule has 0 fully saturated rings. The van der Waals surface area contributed by atoms with Gasteiger partial charge in [-0.15, -0.1) is 6.58 Å². The molecule has 3 N–H and O–H groups in total. The largest absolute Gasteiger partial charge is 0.508 e. The lowest BCUT2D eigenvalue weighted by Crippen LogP contribution is -2.36. The van der Waals surface area contributed by atoms with Crippen molar-refractivity contribution in [1.82, 2.24) is 0 Å². The minimum absolute atomic E-state index is 0.243. The summed E-state index contributed by atoms with van der Waals surface area (Å²) in [5.41, 5.74) is -0.365. The van der Waals surface area contributed by atoms with E-state index in [1.54, 1.807) is 26.0 Å². The highest BCUT2D eigenvalue weighted by atomic mass is 16.3. The molecule has 3 nitrogen and oxygen atoms in total. The predicted octanol–water partition coefficient (Wildman–Crippen LogP) is 3.51. The van der Waals surface area contributed by atoms with Gasteiger partial charge in [-0.2, -0.15) is 0 Å². The van der Waals surface area contributed by atoms with E-state index in [1.165, 1.54) is 0 Å². The zero-order chi connectivity index (χ0) is 16.1. The van der Waals surface area contributed by atoms with Crippen molar-refractivity contribution < 1.29 is 15.3 Å². The van der Waals surface area contributed by atoms with E-state index in [0.717, 1.165) is 5.56 Å². The zero-order valence-corrected chi connectivity index (χ0v) is 13.1. The summed E-state index contributed by atoms with van der Waals surface area (Å²) < 4.78 is 0. The first-order valence-electron chi connectivity index (χ1n) is 7.18. The third-order valence-corrected chi connectivity index (χ3v) is 3.79. The lowest BCUT2D eigenvalue weighted by atomic mass is 9.82. The van der Waals surface area contributed by atoms with Crippen molar-refractivity contribution in [3.63, 3.8) is 0 Å². The molecule has 1 aromatic rings. The normalized spacial score (nSPS) is 16.6. The van der Waals surface area contributed by atoms with Crippen molar-refractivity contribution in [3.8, 4) is 5.75 Å². The molecule has 1 rings (SSSR count). The monoisotopic (exact) mass is 290 g/mol. The number of allylic oxidation sites excluding steroid dienone is 2. The molecular weight excluding hydrogens is 264 g/mol. The number of hydrogen-bond acceptors (Lipinski definition) is 3. The third-order valence-electron chi connectivity index (χ3n) is 3.79. The Hall–Kier alpha value is -1.58. The molecule has 0 heterocycles. The van der Waals surface area contributed by atoms with E-state index in [9.17, 15) is 15.3 Å². The van der Waals surface area contributed by atoms with Gasteiger partial charge in [-0.3, -0.25) is 0 Å². The van der Waals surface area contributed by atoms with Crippen LogP contribution < -0.4 is 0 Å². The highest BCUT2D eigenvalue weighted by Gasteiger charge is 2.27. The molecule has 21 heavy (non-hydrogen) atoms.